The van der Waals surface area contributed by atoms with Gasteiger partial charge in [-0.2, -0.15) is 26.3 Å². The third-order valence-electron chi connectivity index (χ3n) is 3.06. The number of aryl methyl sites for hydroxylation is 2. The zero-order chi connectivity index (χ0) is 19.2. The molecule has 2 aromatic rings. The molecule has 0 fully saturated rings. The molecule has 2 rings (SSSR count). The van der Waals surface area contributed by atoms with Crippen LogP contribution in [0.3, 0.4) is 0 Å². The van der Waals surface area contributed by atoms with Crippen molar-refractivity contribution >= 4 is 10.8 Å². The molecule has 0 radical (unpaired) electrons. The monoisotopic (exact) mass is 389 g/mol. The van der Waals surface area contributed by atoms with E-state index >= 15 is 0 Å². The summed E-state index contributed by atoms with van der Waals surface area (Å²) in [5, 5.41) is 3.11. The molecule has 1 atom stereocenters. The largest absolute Gasteiger partial charge is 0.453 e. The average molecular weight is 389 g/mol. The third kappa shape index (κ3) is 4.35. The quantitative estimate of drug-likeness (QED) is 0.754. The predicted octanol–water partition coefficient (Wildman–Crippen LogP) is 3.62. The van der Waals surface area contributed by atoms with Crippen LogP contribution in [-0.4, -0.2) is 30.9 Å². The van der Waals surface area contributed by atoms with Gasteiger partial charge in [-0.25, -0.2) is 14.1 Å². The molecule has 0 aliphatic heterocycles. The van der Waals surface area contributed by atoms with Crippen molar-refractivity contribution in [1.82, 2.24) is 14.8 Å². The first kappa shape index (κ1) is 19.3. The molecule has 12 heteroatoms. The van der Waals surface area contributed by atoms with Crippen LogP contribution in [0.15, 0.2) is 17.0 Å². The topological polar surface area (TPSA) is 47.8 Å². The van der Waals surface area contributed by atoms with Crippen molar-refractivity contribution in [2.45, 2.75) is 24.2 Å². The third-order valence-corrected chi connectivity index (χ3v) is 4.58. The number of aromatic nitrogens is 3. The van der Waals surface area contributed by atoms with Gasteiger partial charge in [-0.05, 0) is 24.6 Å². The van der Waals surface area contributed by atoms with Gasteiger partial charge in [0.1, 0.15) is 11.6 Å². The average Bonchev–Trinajstić information content (AvgIpc) is 2.78. The van der Waals surface area contributed by atoms with E-state index in [2.05, 4.69) is 10.1 Å². The molecule has 1 aromatic heterocycles. The van der Waals surface area contributed by atoms with Crippen LogP contribution in [-0.2, 0) is 24.0 Å². The highest BCUT2D eigenvalue weighted by molar-refractivity contribution is 7.85. The van der Waals surface area contributed by atoms with Crippen molar-refractivity contribution in [3.05, 3.63) is 29.3 Å². The first-order valence-electron chi connectivity index (χ1n) is 6.53. The van der Waals surface area contributed by atoms with Crippen LogP contribution >= 0.6 is 0 Å². The predicted molar refractivity (Wildman–Crippen MR) is 73.5 cm³/mol. The molecule has 0 amide bonds. The van der Waals surface area contributed by atoms with Gasteiger partial charge < -0.3 is 0 Å². The van der Waals surface area contributed by atoms with Crippen LogP contribution in [0.25, 0.3) is 11.4 Å². The second-order valence-electron chi connectivity index (χ2n) is 5.08. The highest BCUT2D eigenvalue weighted by atomic mass is 32.2. The molecular weight excluding hydrogens is 379 g/mol. The lowest BCUT2D eigenvalue weighted by atomic mass is 10.1. The summed E-state index contributed by atoms with van der Waals surface area (Å²) in [6.07, 6.45) is -9.60. The van der Waals surface area contributed by atoms with E-state index in [4.69, 9.17) is 0 Å². The van der Waals surface area contributed by atoms with Gasteiger partial charge in [-0.3, -0.25) is 4.21 Å². The Kier molecular flexibility index (Phi) is 4.94. The van der Waals surface area contributed by atoms with E-state index in [1.807, 2.05) is 0 Å². The summed E-state index contributed by atoms with van der Waals surface area (Å²) in [5.74, 6) is -4.75. The zero-order valence-corrected chi connectivity index (χ0v) is 13.5. The zero-order valence-electron chi connectivity index (χ0n) is 12.7. The summed E-state index contributed by atoms with van der Waals surface area (Å²) in [6.45, 7) is 1.24. The summed E-state index contributed by atoms with van der Waals surface area (Å²) in [7, 11) is -1.47. The SMILES string of the molecule is Cc1cc(F)c(-c2nc(C(F)(F)F)nn2C)cc1S(=O)CC(F)(F)F. The summed E-state index contributed by atoms with van der Waals surface area (Å²) in [4.78, 5) is 2.84. The van der Waals surface area contributed by atoms with Crippen molar-refractivity contribution in [2.75, 3.05) is 5.75 Å². The summed E-state index contributed by atoms with van der Waals surface area (Å²) in [5.41, 5.74) is -0.552. The standard InChI is InChI=1S/C13H10F7N3OS/c1-6-3-8(14)7(4-9(6)25(24)5-12(15,16)17)10-21-11(13(18,19)20)22-23(10)2/h3-4H,5H2,1-2H3. The van der Waals surface area contributed by atoms with E-state index in [1.54, 1.807) is 0 Å². The second kappa shape index (κ2) is 6.39. The molecule has 0 spiro atoms. The Morgan fingerprint density at radius 3 is 2.24 bits per heavy atom. The molecule has 25 heavy (non-hydrogen) atoms. The normalized spacial score (nSPS) is 14.0. The molecule has 1 heterocycles. The van der Waals surface area contributed by atoms with E-state index in [0.29, 0.717) is 4.68 Å². The fourth-order valence-corrected chi connectivity index (χ4v) is 3.16. The minimum absolute atomic E-state index is 0.0259. The minimum atomic E-state index is -4.88. The Balaban J connectivity index is 2.55. The molecule has 0 bridgehead atoms. The first-order chi connectivity index (χ1) is 11.3. The molecule has 1 unspecified atom stereocenters. The number of halogens is 7. The molecule has 4 nitrogen and oxygen atoms in total. The molecule has 0 aliphatic carbocycles. The Morgan fingerprint density at radius 2 is 1.76 bits per heavy atom. The lowest BCUT2D eigenvalue weighted by Crippen LogP contribution is -2.19. The van der Waals surface area contributed by atoms with E-state index in [9.17, 15) is 34.9 Å². The van der Waals surface area contributed by atoms with E-state index in [-0.39, 0.29) is 10.5 Å². The Bertz CT molecular complexity index is 826. The fraction of sp³-hybridized carbons (Fsp3) is 0.385. The molecule has 0 aliphatic rings. The van der Waals surface area contributed by atoms with Gasteiger partial charge in [0.15, 0.2) is 5.82 Å². The maximum Gasteiger partial charge on any atom is 0.453 e. The first-order valence-corrected chi connectivity index (χ1v) is 7.85. The molecular formula is C13H10F7N3OS. The highest BCUT2D eigenvalue weighted by Gasteiger charge is 2.37. The van der Waals surface area contributed by atoms with Crippen molar-refractivity contribution < 1.29 is 34.9 Å². The van der Waals surface area contributed by atoms with E-state index in [1.165, 1.54) is 6.92 Å². The fourth-order valence-electron chi connectivity index (χ4n) is 2.03. The summed E-state index contributed by atoms with van der Waals surface area (Å²) in [6, 6.07) is 1.59. The van der Waals surface area contributed by atoms with Crippen LogP contribution in [0.5, 0.6) is 0 Å². The highest BCUT2D eigenvalue weighted by Crippen LogP contribution is 2.31. The van der Waals surface area contributed by atoms with Gasteiger partial charge in [0.05, 0.1) is 16.4 Å². The number of benzene rings is 1. The molecule has 0 saturated carbocycles. The lowest BCUT2D eigenvalue weighted by Gasteiger charge is -2.11. The molecule has 1 aromatic carbocycles. The number of alkyl halides is 6. The van der Waals surface area contributed by atoms with Gasteiger partial charge in [-0.1, -0.05) is 0 Å². The van der Waals surface area contributed by atoms with Gasteiger partial charge >= 0.3 is 12.4 Å². The maximum atomic E-state index is 14.1. The van der Waals surface area contributed by atoms with Crippen molar-refractivity contribution in [3.8, 4) is 11.4 Å². The molecule has 138 valence electrons. The van der Waals surface area contributed by atoms with Crippen LogP contribution in [0.4, 0.5) is 30.7 Å². The van der Waals surface area contributed by atoms with Crippen LogP contribution in [0, 0.1) is 12.7 Å². The van der Waals surface area contributed by atoms with Crippen molar-refractivity contribution in [3.63, 3.8) is 0 Å². The van der Waals surface area contributed by atoms with Crippen molar-refractivity contribution in [2.24, 2.45) is 7.05 Å². The van der Waals surface area contributed by atoms with Crippen molar-refractivity contribution in [1.29, 1.82) is 0 Å². The van der Waals surface area contributed by atoms with Gasteiger partial charge in [0.25, 0.3) is 5.82 Å². The van der Waals surface area contributed by atoms with Crippen LogP contribution < -0.4 is 0 Å². The second-order valence-corrected chi connectivity index (χ2v) is 6.50. The summed E-state index contributed by atoms with van der Waals surface area (Å²) < 4.78 is 102. The maximum absolute atomic E-state index is 14.1. The Labute approximate surface area is 139 Å². The number of hydrogen-bond acceptors (Lipinski definition) is 3. The van der Waals surface area contributed by atoms with E-state index < -0.39 is 51.9 Å². The van der Waals surface area contributed by atoms with E-state index in [0.717, 1.165) is 19.2 Å². The minimum Gasteiger partial charge on any atom is -0.254 e. The Morgan fingerprint density at radius 1 is 1.16 bits per heavy atom. The molecule has 0 N–H and O–H groups in total. The van der Waals surface area contributed by atoms with Crippen LogP contribution in [0.1, 0.15) is 11.4 Å². The van der Waals surface area contributed by atoms with Gasteiger partial charge in [0, 0.05) is 11.9 Å². The van der Waals surface area contributed by atoms with Crippen LogP contribution in [0.2, 0.25) is 0 Å². The molecule has 0 saturated heterocycles. The smallest absolute Gasteiger partial charge is 0.254 e. The Hall–Kier alpha value is -1.98. The van der Waals surface area contributed by atoms with Gasteiger partial charge in [-0.15, -0.1) is 5.10 Å². The number of nitrogens with zero attached hydrogens (tertiary/aromatic N) is 3. The van der Waals surface area contributed by atoms with Gasteiger partial charge in [0.2, 0.25) is 0 Å². The number of rotatable bonds is 3. The number of hydrogen-bond donors (Lipinski definition) is 0. The summed E-state index contributed by atoms with van der Waals surface area (Å²) >= 11 is 0. The lowest BCUT2D eigenvalue weighted by molar-refractivity contribution is -0.144.